The van der Waals surface area contributed by atoms with Gasteiger partial charge in [0.1, 0.15) is 5.82 Å². The SMILES string of the molecule is CN(C(=O)CN)c1ccc(S(=O)(=O)N(C)c2ccc3c(c2)nc(C(C)(C)C)n3CC2CCOCC2)cc1. The largest absolute Gasteiger partial charge is 0.381 e. The summed E-state index contributed by atoms with van der Waals surface area (Å²) in [6, 6.07) is 11.8. The summed E-state index contributed by atoms with van der Waals surface area (Å²) in [6.07, 6.45) is 2.05. The minimum Gasteiger partial charge on any atom is -0.381 e. The number of sulfonamides is 1. The van der Waals surface area contributed by atoms with Crippen LogP contribution in [-0.2, 0) is 31.5 Å². The number of hydrogen-bond acceptors (Lipinski definition) is 6. The highest BCUT2D eigenvalue weighted by molar-refractivity contribution is 7.92. The van der Waals surface area contributed by atoms with Gasteiger partial charge in [0.05, 0.1) is 28.2 Å². The first kappa shape index (κ1) is 27.1. The number of nitrogens with zero attached hydrogens (tertiary/aromatic N) is 4. The molecule has 2 heterocycles. The Morgan fingerprint density at radius 2 is 1.70 bits per heavy atom. The smallest absolute Gasteiger partial charge is 0.264 e. The van der Waals surface area contributed by atoms with Crippen molar-refractivity contribution in [3.63, 3.8) is 0 Å². The van der Waals surface area contributed by atoms with Gasteiger partial charge in [0.2, 0.25) is 5.91 Å². The monoisotopic (exact) mass is 527 g/mol. The fourth-order valence-electron chi connectivity index (χ4n) is 4.68. The molecular formula is C27H37N5O4S. The molecule has 1 fully saturated rings. The molecule has 37 heavy (non-hydrogen) atoms. The number of aromatic nitrogens is 2. The van der Waals surface area contributed by atoms with E-state index in [4.69, 9.17) is 15.5 Å². The molecule has 0 aliphatic carbocycles. The van der Waals surface area contributed by atoms with Crippen LogP contribution in [-0.4, -0.2) is 57.7 Å². The minimum absolute atomic E-state index is 0.122. The number of benzene rings is 2. The molecule has 1 amide bonds. The van der Waals surface area contributed by atoms with Crippen LogP contribution in [0.5, 0.6) is 0 Å². The topological polar surface area (TPSA) is 111 Å². The van der Waals surface area contributed by atoms with E-state index in [1.54, 1.807) is 19.2 Å². The number of likely N-dealkylation sites (N-methyl/N-ethyl adjacent to an activating group) is 1. The number of imidazole rings is 1. The second kappa shape index (κ2) is 10.4. The molecule has 0 spiro atoms. The quantitative estimate of drug-likeness (QED) is 0.503. The van der Waals surface area contributed by atoms with Gasteiger partial charge in [-0.05, 0) is 61.2 Å². The van der Waals surface area contributed by atoms with Crippen LogP contribution in [0.4, 0.5) is 11.4 Å². The normalized spacial score (nSPS) is 15.2. The molecule has 2 aromatic carbocycles. The van der Waals surface area contributed by atoms with E-state index in [-0.39, 0.29) is 22.8 Å². The lowest BCUT2D eigenvalue weighted by Gasteiger charge is -2.26. The van der Waals surface area contributed by atoms with Crippen molar-refractivity contribution in [1.29, 1.82) is 0 Å². The number of nitrogens with two attached hydrogens (primary N) is 1. The molecule has 0 radical (unpaired) electrons. The summed E-state index contributed by atoms with van der Waals surface area (Å²) in [6.45, 7) is 8.76. The first-order valence-electron chi connectivity index (χ1n) is 12.6. The maximum Gasteiger partial charge on any atom is 0.264 e. The molecule has 10 heteroatoms. The lowest BCUT2D eigenvalue weighted by atomic mass is 9.94. The average Bonchev–Trinajstić information content (AvgIpc) is 3.26. The Morgan fingerprint density at radius 1 is 1.08 bits per heavy atom. The molecule has 1 aliphatic rings. The van der Waals surface area contributed by atoms with Crippen LogP contribution in [0.1, 0.15) is 39.4 Å². The summed E-state index contributed by atoms with van der Waals surface area (Å²) in [5.41, 5.74) is 8.14. The van der Waals surface area contributed by atoms with Crippen molar-refractivity contribution >= 4 is 38.3 Å². The van der Waals surface area contributed by atoms with Crippen molar-refractivity contribution in [3.8, 4) is 0 Å². The molecule has 2 N–H and O–H groups in total. The molecule has 4 rings (SSSR count). The van der Waals surface area contributed by atoms with Crippen molar-refractivity contribution in [1.82, 2.24) is 9.55 Å². The number of carbonyl (C=O) groups is 1. The Balaban J connectivity index is 1.65. The van der Waals surface area contributed by atoms with Gasteiger partial charge in [-0.3, -0.25) is 9.10 Å². The highest BCUT2D eigenvalue weighted by atomic mass is 32.2. The van der Waals surface area contributed by atoms with E-state index in [1.165, 1.54) is 28.4 Å². The molecule has 3 aromatic rings. The van der Waals surface area contributed by atoms with E-state index < -0.39 is 10.0 Å². The van der Waals surface area contributed by atoms with Gasteiger partial charge in [0.15, 0.2) is 0 Å². The minimum atomic E-state index is -3.83. The summed E-state index contributed by atoms with van der Waals surface area (Å²) in [4.78, 5) is 18.4. The zero-order valence-electron chi connectivity index (χ0n) is 22.3. The van der Waals surface area contributed by atoms with Crippen molar-refractivity contribution in [2.24, 2.45) is 11.7 Å². The third-order valence-corrected chi connectivity index (χ3v) is 8.78. The fourth-order valence-corrected chi connectivity index (χ4v) is 5.87. The zero-order valence-corrected chi connectivity index (χ0v) is 23.1. The molecule has 1 saturated heterocycles. The highest BCUT2D eigenvalue weighted by Crippen LogP contribution is 2.32. The molecular weight excluding hydrogens is 490 g/mol. The standard InChI is InChI=1S/C27H37N5O4S/c1-27(2,3)26-29-23-16-21(8-11-24(23)32(26)18-19-12-14-36-15-13-19)31(5)37(34,35)22-9-6-20(7-10-22)30(4)25(33)17-28/h6-11,16,19H,12-15,17-18,28H2,1-5H3. The lowest BCUT2D eigenvalue weighted by Crippen LogP contribution is -2.32. The van der Waals surface area contributed by atoms with E-state index >= 15 is 0 Å². The Morgan fingerprint density at radius 3 is 2.30 bits per heavy atom. The predicted molar refractivity (Wildman–Crippen MR) is 146 cm³/mol. The number of fused-ring (bicyclic) bond motifs is 1. The number of anilines is 2. The predicted octanol–water partition coefficient (Wildman–Crippen LogP) is 3.51. The summed E-state index contributed by atoms with van der Waals surface area (Å²) in [7, 11) is -0.683. The van der Waals surface area contributed by atoms with E-state index in [0.717, 1.165) is 49.5 Å². The zero-order chi connectivity index (χ0) is 27.0. The van der Waals surface area contributed by atoms with Gasteiger partial charge in [-0.2, -0.15) is 0 Å². The second-order valence-corrected chi connectivity index (χ2v) is 12.6. The third kappa shape index (κ3) is 5.51. The average molecular weight is 528 g/mol. The Bertz CT molecular complexity index is 1370. The van der Waals surface area contributed by atoms with E-state index in [1.807, 2.05) is 18.2 Å². The first-order chi connectivity index (χ1) is 17.4. The van der Waals surface area contributed by atoms with Gasteiger partial charge in [-0.1, -0.05) is 20.8 Å². The maximum absolute atomic E-state index is 13.4. The van der Waals surface area contributed by atoms with Gasteiger partial charge >= 0.3 is 0 Å². The number of ether oxygens (including phenoxy) is 1. The molecule has 200 valence electrons. The summed E-state index contributed by atoms with van der Waals surface area (Å²) < 4.78 is 35.9. The molecule has 0 bridgehead atoms. The molecule has 0 saturated carbocycles. The van der Waals surface area contributed by atoms with Gasteiger partial charge < -0.3 is 19.9 Å². The van der Waals surface area contributed by atoms with E-state index in [2.05, 4.69) is 25.3 Å². The molecule has 9 nitrogen and oxygen atoms in total. The van der Waals surface area contributed by atoms with Gasteiger partial charge in [0, 0.05) is 45.0 Å². The summed E-state index contributed by atoms with van der Waals surface area (Å²) in [5.74, 6) is 1.26. The van der Waals surface area contributed by atoms with Crippen LogP contribution in [0.25, 0.3) is 11.0 Å². The van der Waals surface area contributed by atoms with Crippen LogP contribution in [0, 0.1) is 5.92 Å². The Labute approximate surface area is 219 Å². The van der Waals surface area contributed by atoms with Gasteiger partial charge in [-0.25, -0.2) is 13.4 Å². The van der Waals surface area contributed by atoms with E-state index in [0.29, 0.717) is 17.3 Å². The number of rotatable bonds is 7. The molecule has 1 aliphatic heterocycles. The third-order valence-electron chi connectivity index (χ3n) is 6.98. The second-order valence-electron chi connectivity index (χ2n) is 10.6. The highest BCUT2D eigenvalue weighted by Gasteiger charge is 2.27. The van der Waals surface area contributed by atoms with Gasteiger partial charge in [-0.15, -0.1) is 0 Å². The van der Waals surface area contributed by atoms with Crippen molar-refractivity contribution in [2.75, 3.05) is 43.1 Å². The fraction of sp³-hybridized carbons (Fsp3) is 0.481. The maximum atomic E-state index is 13.4. The van der Waals surface area contributed by atoms with Crippen molar-refractivity contribution in [2.45, 2.75) is 50.5 Å². The number of carbonyl (C=O) groups excluding carboxylic acids is 1. The summed E-state index contributed by atoms with van der Waals surface area (Å²) >= 11 is 0. The van der Waals surface area contributed by atoms with E-state index in [9.17, 15) is 13.2 Å². The van der Waals surface area contributed by atoms with Crippen LogP contribution >= 0.6 is 0 Å². The summed E-state index contributed by atoms with van der Waals surface area (Å²) in [5, 5.41) is 0. The van der Waals surface area contributed by atoms with Crippen LogP contribution < -0.4 is 14.9 Å². The van der Waals surface area contributed by atoms with Gasteiger partial charge in [0.25, 0.3) is 10.0 Å². The van der Waals surface area contributed by atoms with Crippen LogP contribution in [0.15, 0.2) is 47.4 Å². The molecule has 0 atom stereocenters. The number of amides is 1. The van der Waals surface area contributed by atoms with Crippen molar-refractivity contribution in [3.05, 3.63) is 48.3 Å². The Kier molecular flexibility index (Phi) is 7.64. The molecule has 0 unspecified atom stereocenters. The first-order valence-corrected chi connectivity index (χ1v) is 14.0. The lowest BCUT2D eigenvalue weighted by molar-refractivity contribution is -0.117. The van der Waals surface area contributed by atoms with Crippen LogP contribution in [0.2, 0.25) is 0 Å². The Hall–Kier alpha value is -2.95. The number of hydrogen-bond donors (Lipinski definition) is 1. The van der Waals surface area contributed by atoms with Crippen LogP contribution in [0.3, 0.4) is 0 Å². The molecule has 1 aromatic heterocycles. The van der Waals surface area contributed by atoms with Crippen molar-refractivity contribution < 1.29 is 17.9 Å².